The van der Waals surface area contributed by atoms with Gasteiger partial charge in [0, 0.05) is 24.0 Å². The molecule has 0 aliphatic carbocycles. The van der Waals surface area contributed by atoms with E-state index in [1.807, 2.05) is 36.5 Å². The number of benzene rings is 2. The summed E-state index contributed by atoms with van der Waals surface area (Å²) in [5, 5.41) is 0. The Labute approximate surface area is 146 Å². The summed E-state index contributed by atoms with van der Waals surface area (Å²) in [7, 11) is 0. The molecule has 0 amide bonds. The normalized spacial score (nSPS) is 19.5. The number of hydrogen-bond donors (Lipinski definition) is 0. The van der Waals surface area contributed by atoms with Crippen LogP contribution in [0.25, 0.3) is 0 Å². The van der Waals surface area contributed by atoms with Gasteiger partial charge in [-0.05, 0) is 81.0 Å². The zero-order valence-electron chi connectivity index (χ0n) is 15.5. The first kappa shape index (κ1) is 16.8. The first-order valence-corrected chi connectivity index (χ1v) is 8.93. The molecule has 2 aromatic rings. The molecule has 2 aromatic carbocycles. The van der Waals surface area contributed by atoms with Gasteiger partial charge in [0.15, 0.2) is 0 Å². The van der Waals surface area contributed by atoms with E-state index in [2.05, 4.69) is 56.6 Å². The molecular formula is C22H28N2. The third kappa shape index (κ3) is 3.10. The summed E-state index contributed by atoms with van der Waals surface area (Å²) >= 11 is 0. The van der Waals surface area contributed by atoms with Gasteiger partial charge in [-0.25, -0.2) is 0 Å². The Hall–Kier alpha value is -2.09. The van der Waals surface area contributed by atoms with Gasteiger partial charge >= 0.3 is 0 Å². The maximum absolute atomic E-state index is 4.64. The van der Waals surface area contributed by atoms with Gasteiger partial charge in [0.05, 0.1) is 5.69 Å². The second-order valence-corrected chi connectivity index (χ2v) is 7.52. The van der Waals surface area contributed by atoms with Crippen molar-refractivity contribution in [1.82, 2.24) is 0 Å². The molecule has 3 rings (SSSR count). The van der Waals surface area contributed by atoms with Crippen LogP contribution in [-0.2, 0) is 0 Å². The second kappa shape index (κ2) is 6.43. The van der Waals surface area contributed by atoms with Crippen LogP contribution < -0.4 is 4.90 Å². The molecule has 1 aliphatic rings. The lowest BCUT2D eigenvalue weighted by molar-refractivity contribution is 0.381. The van der Waals surface area contributed by atoms with E-state index < -0.39 is 0 Å². The maximum atomic E-state index is 4.64. The third-order valence-electron chi connectivity index (χ3n) is 5.20. The Morgan fingerprint density at radius 2 is 1.92 bits per heavy atom. The largest absolute Gasteiger partial charge is 0.366 e. The lowest BCUT2D eigenvalue weighted by Gasteiger charge is -2.47. The quantitative estimate of drug-likeness (QED) is 0.647. The van der Waals surface area contributed by atoms with Gasteiger partial charge in [0.2, 0.25) is 0 Å². The predicted molar refractivity (Wildman–Crippen MR) is 105 cm³/mol. The fraction of sp³-hybridized carbons (Fsp3) is 0.409. The van der Waals surface area contributed by atoms with Gasteiger partial charge in [-0.15, -0.1) is 0 Å². The molecule has 0 saturated heterocycles. The predicted octanol–water partition coefficient (Wildman–Crippen LogP) is 5.86. The van der Waals surface area contributed by atoms with Crippen LogP contribution in [-0.4, -0.2) is 18.3 Å². The van der Waals surface area contributed by atoms with Crippen LogP contribution in [0, 0.1) is 6.92 Å². The van der Waals surface area contributed by atoms with E-state index in [9.17, 15) is 0 Å². The fourth-order valence-electron chi connectivity index (χ4n) is 4.05. The summed E-state index contributed by atoms with van der Waals surface area (Å²) in [4.78, 5) is 7.19. The van der Waals surface area contributed by atoms with Crippen molar-refractivity contribution in [2.24, 2.45) is 4.99 Å². The highest BCUT2D eigenvalue weighted by Crippen LogP contribution is 2.44. The van der Waals surface area contributed by atoms with Gasteiger partial charge in [-0.2, -0.15) is 0 Å². The number of rotatable bonds is 3. The molecule has 2 heteroatoms. The smallest absolute Gasteiger partial charge is 0.0629 e. The molecule has 0 unspecified atom stereocenters. The lowest BCUT2D eigenvalue weighted by atomic mass is 9.79. The van der Waals surface area contributed by atoms with Crippen molar-refractivity contribution in [2.45, 2.75) is 52.5 Å². The van der Waals surface area contributed by atoms with Crippen LogP contribution in [0.5, 0.6) is 0 Å². The number of anilines is 1. The minimum Gasteiger partial charge on any atom is -0.366 e. The number of fused-ring (bicyclic) bond motifs is 1. The van der Waals surface area contributed by atoms with Crippen molar-refractivity contribution < 1.29 is 0 Å². The molecule has 0 bridgehead atoms. The molecule has 126 valence electrons. The maximum Gasteiger partial charge on any atom is 0.0629 e. The Kier molecular flexibility index (Phi) is 4.49. The zero-order valence-corrected chi connectivity index (χ0v) is 15.5. The number of nitrogens with zero attached hydrogens (tertiary/aromatic N) is 2. The summed E-state index contributed by atoms with van der Waals surface area (Å²) in [5.41, 5.74) is 6.58. The first-order valence-electron chi connectivity index (χ1n) is 8.93. The van der Waals surface area contributed by atoms with E-state index in [4.69, 9.17) is 0 Å². The zero-order chi connectivity index (χ0) is 17.3. The molecule has 1 aliphatic heterocycles. The van der Waals surface area contributed by atoms with Gasteiger partial charge in [0.25, 0.3) is 0 Å². The van der Waals surface area contributed by atoms with E-state index in [0.717, 1.165) is 12.2 Å². The topological polar surface area (TPSA) is 15.6 Å². The molecule has 2 nitrogen and oxygen atoms in total. The highest BCUT2D eigenvalue weighted by molar-refractivity contribution is 5.86. The molecule has 0 N–H and O–H groups in total. The van der Waals surface area contributed by atoms with Crippen LogP contribution in [0.4, 0.5) is 11.4 Å². The van der Waals surface area contributed by atoms with E-state index in [-0.39, 0.29) is 5.54 Å². The van der Waals surface area contributed by atoms with Gasteiger partial charge in [-0.3, -0.25) is 4.99 Å². The summed E-state index contributed by atoms with van der Waals surface area (Å²) in [6.45, 7) is 12.5. The summed E-state index contributed by atoms with van der Waals surface area (Å²) in [6.07, 6.45) is 3.19. The first-order chi connectivity index (χ1) is 11.4. The van der Waals surface area contributed by atoms with Gasteiger partial charge in [0.1, 0.15) is 0 Å². The Morgan fingerprint density at radius 3 is 2.58 bits per heavy atom. The molecule has 0 fully saturated rings. The summed E-state index contributed by atoms with van der Waals surface area (Å²) < 4.78 is 0. The minimum atomic E-state index is 0.216. The van der Waals surface area contributed by atoms with Crippen molar-refractivity contribution in [2.75, 3.05) is 11.4 Å². The summed E-state index contributed by atoms with van der Waals surface area (Å²) in [5.74, 6) is 0.572. The third-order valence-corrected chi connectivity index (χ3v) is 5.20. The van der Waals surface area contributed by atoms with Crippen LogP contribution in [0.1, 0.15) is 56.7 Å². The van der Waals surface area contributed by atoms with Crippen LogP contribution >= 0.6 is 0 Å². The molecule has 0 radical (unpaired) electrons. The Balaban J connectivity index is 2.01. The molecule has 1 heterocycles. The van der Waals surface area contributed by atoms with Crippen molar-refractivity contribution in [1.29, 1.82) is 0 Å². The molecule has 0 saturated carbocycles. The molecule has 1 atom stereocenters. The van der Waals surface area contributed by atoms with Crippen LogP contribution in [0.2, 0.25) is 0 Å². The number of para-hydroxylation sites is 1. The number of aryl methyl sites for hydroxylation is 1. The highest BCUT2D eigenvalue weighted by Gasteiger charge is 2.35. The van der Waals surface area contributed by atoms with Gasteiger partial charge < -0.3 is 4.90 Å². The highest BCUT2D eigenvalue weighted by atomic mass is 15.2. The number of aliphatic imine (C=N–C) groups is 1. The standard InChI is InChI=1S/C22H28N2/c1-6-24-21-12-16(2)18(15-23-19-10-8-7-9-11-19)13-20(21)17(3)14-22(24,4)5/h7-13,15,17H,6,14H2,1-5H3/t17-/m1/s1. The van der Waals surface area contributed by atoms with Crippen LogP contribution in [0.15, 0.2) is 47.5 Å². The molecular weight excluding hydrogens is 292 g/mol. The van der Waals surface area contributed by atoms with Crippen molar-refractivity contribution in [3.63, 3.8) is 0 Å². The van der Waals surface area contributed by atoms with Crippen molar-refractivity contribution in [3.05, 3.63) is 59.2 Å². The van der Waals surface area contributed by atoms with Crippen molar-refractivity contribution >= 4 is 17.6 Å². The fourth-order valence-corrected chi connectivity index (χ4v) is 4.05. The van der Waals surface area contributed by atoms with Crippen LogP contribution in [0.3, 0.4) is 0 Å². The van der Waals surface area contributed by atoms with E-state index in [0.29, 0.717) is 5.92 Å². The minimum absolute atomic E-state index is 0.216. The molecule has 24 heavy (non-hydrogen) atoms. The Morgan fingerprint density at radius 1 is 1.21 bits per heavy atom. The summed E-state index contributed by atoms with van der Waals surface area (Å²) in [6, 6.07) is 14.8. The SMILES string of the molecule is CCN1c2cc(C)c(C=Nc3ccccc3)cc2[C@H](C)CC1(C)C. The average molecular weight is 320 g/mol. The second-order valence-electron chi connectivity index (χ2n) is 7.52. The lowest BCUT2D eigenvalue weighted by Crippen LogP contribution is -2.48. The van der Waals surface area contributed by atoms with E-state index in [1.165, 1.54) is 28.8 Å². The monoisotopic (exact) mass is 320 g/mol. The molecule has 0 spiro atoms. The Bertz CT molecular complexity index is 744. The molecule has 0 aromatic heterocycles. The van der Waals surface area contributed by atoms with E-state index in [1.54, 1.807) is 0 Å². The van der Waals surface area contributed by atoms with Gasteiger partial charge in [-0.1, -0.05) is 25.1 Å². The number of hydrogen-bond acceptors (Lipinski definition) is 2. The van der Waals surface area contributed by atoms with Crippen molar-refractivity contribution in [3.8, 4) is 0 Å². The average Bonchev–Trinajstić information content (AvgIpc) is 2.54. The van der Waals surface area contributed by atoms with E-state index >= 15 is 0 Å².